The number of aliphatic carboxylic acids is 1. The van der Waals surface area contributed by atoms with E-state index >= 15 is 0 Å². The molecule has 0 aliphatic carbocycles. The van der Waals surface area contributed by atoms with Crippen molar-refractivity contribution in [1.82, 2.24) is 5.32 Å². The molecule has 0 radical (unpaired) electrons. The number of carbonyl (C=O) groups excluding carboxylic acids is 1. The Hall–Kier alpha value is -1.20. The van der Waals surface area contributed by atoms with Crippen molar-refractivity contribution in [2.75, 3.05) is 12.8 Å². The second kappa shape index (κ2) is 7.55. The Morgan fingerprint density at radius 3 is 2.55 bits per heavy atom. The molecule has 0 aromatic heterocycles. The van der Waals surface area contributed by atoms with Gasteiger partial charge in [0.2, 0.25) is 0 Å². The summed E-state index contributed by atoms with van der Waals surface area (Å²) in [6.45, 7) is 3.71. The molecule has 0 spiro atoms. The first-order valence-corrected chi connectivity index (χ1v) is 7.81. The third-order valence-electron chi connectivity index (χ3n) is 3.02. The van der Waals surface area contributed by atoms with Gasteiger partial charge in [-0.25, -0.2) is 0 Å². The highest BCUT2D eigenvalue weighted by Crippen LogP contribution is 2.23. The van der Waals surface area contributed by atoms with Crippen molar-refractivity contribution in [2.24, 2.45) is 11.8 Å². The molecule has 1 rings (SSSR count). The van der Waals surface area contributed by atoms with Crippen molar-refractivity contribution < 1.29 is 14.7 Å². The van der Waals surface area contributed by atoms with E-state index in [1.807, 2.05) is 26.2 Å². The van der Waals surface area contributed by atoms with Crippen molar-refractivity contribution in [1.29, 1.82) is 0 Å². The summed E-state index contributed by atoms with van der Waals surface area (Å²) in [5.41, 5.74) is 0.367. The highest BCUT2D eigenvalue weighted by atomic mass is 35.5. The summed E-state index contributed by atoms with van der Waals surface area (Å²) in [4.78, 5) is 24.1. The topological polar surface area (TPSA) is 66.4 Å². The van der Waals surface area contributed by atoms with E-state index in [4.69, 9.17) is 16.7 Å². The van der Waals surface area contributed by atoms with Crippen molar-refractivity contribution in [3.63, 3.8) is 0 Å². The van der Waals surface area contributed by atoms with Crippen molar-refractivity contribution in [2.45, 2.75) is 18.7 Å². The van der Waals surface area contributed by atoms with Gasteiger partial charge in [-0.2, -0.15) is 0 Å². The summed E-state index contributed by atoms with van der Waals surface area (Å²) >= 11 is 7.51. The summed E-state index contributed by atoms with van der Waals surface area (Å²) in [5.74, 6) is -1.93. The minimum absolute atomic E-state index is 0.0548. The number of amides is 1. The lowest BCUT2D eigenvalue weighted by Gasteiger charge is -2.17. The first-order chi connectivity index (χ1) is 9.36. The smallest absolute Gasteiger partial charge is 0.308 e. The summed E-state index contributed by atoms with van der Waals surface area (Å²) < 4.78 is 0. The van der Waals surface area contributed by atoms with E-state index in [2.05, 4.69) is 5.32 Å². The number of hydrogen-bond acceptors (Lipinski definition) is 3. The zero-order chi connectivity index (χ0) is 15.3. The molecular weight excluding hydrogens is 298 g/mol. The third kappa shape index (κ3) is 4.42. The summed E-state index contributed by atoms with van der Waals surface area (Å²) in [6.07, 6.45) is 1.91. The monoisotopic (exact) mass is 315 g/mol. The number of nitrogens with one attached hydrogen (secondary N) is 1. The molecule has 1 atom stereocenters. The molecule has 20 heavy (non-hydrogen) atoms. The maximum Gasteiger partial charge on any atom is 0.308 e. The van der Waals surface area contributed by atoms with Gasteiger partial charge in [-0.1, -0.05) is 25.4 Å². The highest BCUT2D eigenvalue weighted by Gasteiger charge is 2.22. The van der Waals surface area contributed by atoms with Crippen LogP contribution in [0, 0.1) is 11.8 Å². The maximum absolute atomic E-state index is 12.1. The molecule has 1 aromatic rings. The zero-order valence-electron chi connectivity index (χ0n) is 11.6. The van der Waals surface area contributed by atoms with E-state index in [9.17, 15) is 9.59 Å². The maximum atomic E-state index is 12.1. The van der Waals surface area contributed by atoms with Gasteiger partial charge in [0.15, 0.2) is 0 Å². The molecule has 1 aromatic carbocycles. The molecule has 110 valence electrons. The molecule has 4 nitrogen and oxygen atoms in total. The van der Waals surface area contributed by atoms with Gasteiger partial charge in [0.25, 0.3) is 5.91 Å². The van der Waals surface area contributed by atoms with Gasteiger partial charge in [0, 0.05) is 11.4 Å². The number of carbonyl (C=O) groups is 2. The third-order valence-corrected chi connectivity index (χ3v) is 4.08. The Morgan fingerprint density at radius 1 is 1.40 bits per heavy atom. The van der Waals surface area contributed by atoms with Crippen LogP contribution in [0.1, 0.15) is 24.2 Å². The molecule has 0 saturated carbocycles. The van der Waals surface area contributed by atoms with Crippen molar-refractivity contribution in [3.8, 4) is 0 Å². The Balaban J connectivity index is 2.79. The highest BCUT2D eigenvalue weighted by molar-refractivity contribution is 7.98. The molecule has 1 amide bonds. The standard InChI is InChI=1S/C14H18ClNO3S/c1-8(2)11(14(18)19)7-16-13(17)10-6-9(20-3)4-5-12(10)15/h4-6,8,11H,7H2,1-3H3,(H,16,17)(H,18,19). The number of rotatable bonds is 6. The van der Waals surface area contributed by atoms with E-state index in [0.717, 1.165) is 4.90 Å². The second-order valence-electron chi connectivity index (χ2n) is 4.74. The Labute approximate surface area is 127 Å². The van der Waals surface area contributed by atoms with Gasteiger partial charge >= 0.3 is 5.97 Å². The van der Waals surface area contributed by atoms with Crippen LogP contribution < -0.4 is 5.32 Å². The Kier molecular flexibility index (Phi) is 6.36. The molecule has 0 bridgehead atoms. The van der Waals surface area contributed by atoms with Crippen LogP contribution in [0.5, 0.6) is 0 Å². The average molecular weight is 316 g/mol. The van der Waals surface area contributed by atoms with Gasteiger partial charge in [-0.05, 0) is 30.4 Å². The molecule has 1 unspecified atom stereocenters. The van der Waals surface area contributed by atoms with Crippen LogP contribution in [-0.2, 0) is 4.79 Å². The number of benzene rings is 1. The Bertz CT molecular complexity index is 505. The van der Waals surface area contributed by atoms with Gasteiger partial charge in [0.05, 0.1) is 16.5 Å². The van der Waals surface area contributed by atoms with Crippen LogP contribution in [0.25, 0.3) is 0 Å². The predicted molar refractivity (Wildman–Crippen MR) is 81.5 cm³/mol. The largest absolute Gasteiger partial charge is 0.481 e. The number of carboxylic acids is 1. The van der Waals surface area contributed by atoms with E-state index in [0.29, 0.717) is 10.6 Å². The minimum Gasteiger partial charge on any atom is -0.481 e. The fraction of sp³-hybridized carbons (Fsp3) is 0.429. The molecule has 0 heterocycles. The van der Waals surface area contributed by atoms with Gasteiger partial charge in [-0.15, -0.1) is 11.8 Å². The molecule has 0 aliphatic rings. The van der Waals surface area contributed by atoms with Crippen molar-refractivity contribution >= 4 is 35.2 Å². The quantitative estimate of drug-likeness (QED) is 0.791. The molecule has 6 heteroatoms. The fourth-order valence-electron chi connectivity index (χ4n) is 1.71. The fourth-order valence-corrected chi connectivity index (χ4v) is 2.35. The summed E-state index contributed by atoms with van der Waals surface area (Å²) in [7, 11) is 0. The van der Waals surface area contributed by atoms with Crippen LogP contribution in [-0.4, -0.2) is 29.8 Å². The zero-order valence-corrected chi connectivity index (χ0v) is 13.2. The van der Waals surface area contributed by atoms with Crippen LogP contribution >= 0.6 is 23.4 Å². The minimum atomic E-state index is -0.913. The van der Waals surface area contributed by atoms with Gasteiger partial charge in [-0.3, -0.25) is 9.59 Å². The lowest BCUT2D eigenvalue weighted by molar-refractivity contribution is -0.142. The molecule has 0 saturated heterocycles. The van der Waals surface area contributed by atoms with E-state index in [1.165, 1.54) is 11.8 Å². The molecular formula is C14H18ClNO3S. The van der Waals surface area contributed by atoms with E-state index in [-0.39, 0.29) is 18.4 Å². The predicted octanol–water partition coefficient (Wildman–Crippen LogP) is 3.15. The van der Waals surface area contributed by atoms with Crippen LogP contribution in [0.15, 0.2) is 23.1 Å². The van der Waals surface area contributed by atoms with Gasteiger partial charge in [0.1, 0.15) is 0 Å². The average Bonchev–Trinajstić information content (AvgIpc) is 2.38. The van der Waals surface area contributed by atoms with E-state index in [1.54, 1.807) is 12.1 Å². The lowest BCUT2D eigenvalue weighted by atomic mass is 9.96. The molecule has 2 N–H and O–H groups in total. The van der Waals surface area contributed by atoms with Crippen molar-refractivity contribution in [3.05, 3.63) is 28.8 Å². The molecule has 0 aliphatic heterocycles. The number of thioether (sulfide) groups is 1. The number of hydrogen-bond donors (Lipinski definition) is 2. The number of halogens is 1. The van der Waals surface area contributed by atoms with Gasteiger partial charge < -0.3 is 10.4 Å². The second-order valence-corrected chi connectivity index (χ2v) is 6.03. The first kappa shape index (κ1) is 16.9. The normalized spacial score (nSPS) is 12.2. The SMILES string of the molecule is CSc1ccc(Cl)c(C(=O)NCC(C(=O)O)C(C)C)c1. The summed E-state index contributed by atoms with van der Waals surface area (Å²) in [6, 6.07) is 5.20. The Morgan fingerprint density at radius 2 is 2.05 bits per heavy atom. The number of carboxylic acid groups (broad SMARTS) is 1. The first-order valence-electron chi connectivity index (χ1n) is 6.21. The summed E-state index contributed by atoms with van der Waals surface area (Å²) in [5, 5.41) is 12.1. The van der Waals surface area contributed by atoms with Crippen LogP contribution in [0.3, 0.4) is 0 Å². The van der Waals surface area contributed by atoms with Crippen LogP contribution in [0.2, 0.25) is 5.02 Å². The van der Waals surface area contributed by atoms with E-state index < -0.39 is 11.9 Å². The molecule has 0 fully saturated rings. The lowest BCUT2D eigenvalue weighted by Crippen LogP contribution is -2.35. The van der Waals surface area contributed by atoms with Crippen LogP contribution in [0.4, 0.5) is 0 Å².